The monoisotopic (exact) mass is 245 g/mol. The third-order valence-corrected chi connectivity index (χ3v) is 4.17. The second-order valence-corrected chi connectivity index (χ2v) is 6.16. The van der Waals surface area contributed by atoms with Crippen molar-refractivity contribution in [1.29, 1.82) is 0 Å². The van der Waals surface area contributed by atoms with Gasteiger partial charge in [0.25, 0.3) is 0 Å². The van der Waals surface area contributed by atoms with Gasteiger partial charge in [0.1, 0.15) is 0 Å². The average molecular weight is 245 g/mol. The molecular formula is C15H19NO2. The first-order valence-electron chi connectivity index (χ1n) is 6.49. The summed E-state index contributed by atoms with van der Waals surface area (Å²) in [5.74, 6) is 0.298. The van der Waals surface area contributed by atoms with Crippen molar-refractivity contribution in [2.45, 2.75) is 45.6 Å². The first kappa shape index (κ1) is 11.6. The van der Waals surface area contributed by atoms with Gasteiger partial charge in [-0.25, -0.2) is 4.79 Å². The first-order chi connectivity index (χ1) is 8.40. The molecule has 1 aromatic rings. The molecule has 2 aliphatic rings. The standard InChI is InChI=1S/C15H19NO2/c1-9-5-11-10(2)7-15(3,4)16-8-18-14(17)12(6-9)13(11)16/h5-6,10H,7-8H2,1-4H3. The predicted molar refractivity (Wildman–Crippen MR) is 71.1 cm³/mol. The normalized spacial score (nSPS) is 24.6. The summed E-state index contributed by atoms with van der Waals surface area (Å²) >= 11 is 0. The molecule has 1 unspecified atom stereocenters. The topological polar surface area (TPSA) is 29.5 Å². The number of esters is 1. The Morgan fingerprint density at radius 3 is 2.83 bits per heavy atom. The molecule has 0 radical (unpaired) electrons. The molecule has 0 N–H and O–H groups in total. The van der Waals surface area contributed by atoms with Gasteiger partial charge in [-0.3, -0.25) is 0 Å². The van der Waals surface area contributed by atoms with Crippen LogP contribution in [0.3, 0.4) is 0 Å². The van der Waals surface area contributed by atoms with Crippen molar-refractivity contribution in [3.8, 4) is 0 Å². The zero-order valence-corrected chi connectivity index (χ0v) is 11.4. The van der Waals surface area contributed by atoms with E-state index in [1.165, 1.54) is 5.56 Å². The number of rotatable bonds is 0. The summed E-state index contributed by atoms with van der Waals surface area (Å²) in [6.45, 7) is 9.09. The molecule has 0 aliphatic carbocycles. The van der Waals surface area contributed by atoms with Crippen LogP contribution in [0.25, 0.3) is 0 Å². The highest BCUT2D eigenvalue weighted by Gasteiger charge is 2.41. The van der Waals surface area contributed by atoms with Crippen LogP contribution in [0.4, 0.5) is 5.69 Å². The lowest BCUT2D eigenvalue weighted by molar-refractivity contribution is 0.0445. The maximum atomic E-state index is 11.9. The Kier molecular flexibility index (Phi) is 2.25. The van der Waals surface area contributed by atoms with E-state index in [9.17, 15) is 4.79 Å². The number of anilines is 1. The maximum absolute atomic E-state index is 11.9. The smallest absolute Gasteiger partial charge is 0.341 e. The largest absolute Gasteiger partial charge is 0.441 e. The van der Waals surface area contributed by atoms with Crippen molar-refractivity contribution in [2.24, 2.45) is 0 Å². The Morgan fingerprint density at radius 1 is 1.39 bits per heavy atom. The van der Waals surface area contributed by atoms with Gasteiger partial charge in [-0.15, -0.1) is 0 Å². The van der Waals surface area contributed by atoms with Crippen molar-refractivity contribution < 1.29 is 9.53 Å². The molecule has 0 fully saturated rings. The molecule has 0 saturated heterocycles. The summed E-state index contributed by atoms with van der Waals surface area (Å²) in [6, 6.07) is 4.16. The molecule has 3 heteroatoms. The van der Waals surface area contributed by atoms with Crippen molar-refractivity contribution in [3.05, 3.63) is 28.8 Å². The molecule has 1 atom stereocenters. The molecule has 0 amide bonds. The van der Waals surface area contributed by atoms with Gasteiger partial charge < -0.3 is 9.64 Å². The van der Waals surface area contributed by atoms with E-state index < -0.39 is 0 Å². The van der Waals surface area contributed by atoms with E-state index in [4.69, 9.17) is 4.74 Å². The zero-order chi connectivity index (χ0) is 13.1. The van der Waals surface area contributed by atoms with Crippen LogP contribution in [0.15, 0.2) is 12.1 Å². The number of carbonyl (C=O) groups excluding carboxylic acids is 1. The van der Waals surface area contributed by atoms with Gasteiger partial charge >= 0.3 is 5.97 Å². The minimum absolute atomic E-state index is 0.0388. The fraction of sp³-hybridized carbons (Fsp3) is 0.533. The van der Waals surface area contributed by atoms with Crippen LogP contribution in [0.5, 0.6) is 0 Å². The minimum Gasteiger partial charge on any atom is -0.441 e. The van der Waals surface area contributed by atoms with E-state index in [2.05, 4.69) is 31.7 Å². The number of benzene rings is 1. The van der Waals surface area contributed by atoms with Crippen LogP contribution in [0.2, 0.25) is 0 Å². The number of ether oxygens (including phenoxy) is 1. The second-order valence-electron chi connectivity index (χ2n) is 6.16. The highest BCUT2D eigenvalue weighted by molar-refractivity contribution is 5.99. The Balaban J connectivity index is 2.29. The van der Waals surface area contributed by atoms with E-state index in [1.54, 1.807) is 0 Å². The number of hydrogen-bond donors (Lipinski definition) is 0. The van der Waals surface area contributed by atoms with Crippen molar-refractivity contribution >= 4 is 11.7 Å². The lowest BCUT2D eigenvalue weighted by Crippen LogP contribution is -2.52. The Bertz CT molecular complexity index is 534. The molecule has 0 spiro atoms. The molecule has 0 aromatic heterocycles. The lowest BCUT2D eigenvalue weighted by atomic mass is 9.78. The average Bonchev–Trinajstić information content (AvgIpc) is 2.27. The maximum Gasteiger partial charge on any atom is 0.341 e. The van der Waals surface area contributed by atoms with Gasteiger partial charge in [-0.05, 0) is 50.3 Å². The van der Waals surface area contributed by atoms with Crippen LogP contribution >= 0.6 is 0 Å². The Morgan fingerprint density at radius 2 is 2.11 bits per heavy atom. The Labute approximate surface area is 108 Å². The van der Waals surface area contributed by atoms with Crippen LogP contribution in [0, 0.1) is 6.92 Å². The summed E-state index contributed by atoms with van der Waals surface area (Å²) < 4.78 is 5.31. The van der Waals surface area contributed by atoms with Gasteiger partial charge in [0.15, 0.2) is 6.73 Å². The predicted octanol–water partition coefficient (Wildman–Crippen LogP) is 3.22. The summed E-state index contributed by atoms with van der Waals surface area (Å²) in [6.07, 6.45) is 1.08. The molecule has 2 heterocycles. The third kappa shape index (κ3) is 1.46. The Hall–Kier alpha value is -1.51. The van der Waals surface area contributed by atoms with E-state index in [0.717, 1.165) is 23.2 Å². The van der Waals surface area contributed by atoms with Gasteiger partial charge in [0, 0.05) is 5.54 Å². The molecule has 3 nitrogen and oxygen atoms in total. The van der Waals surface area contributed by atoms with E-state index in [0.29, 0.717) is 12.6 Å². The number of carbonyl (C=O) groups is 1. The quantitative estimate of drug-likeness (QED) is 0.657. The summed E-state index contributed by atoms with van der Waals surface area (Å²) in [7, 11) is 0. The van der Waals surface area contributed by atoms with Gasteiger partial charge in [-0.1, -0.05) is 13.0 Å². The van der Waals surface area contributed by atoms with Crippen molar-refractivity contribution in [1.82, 2.24) is 0 Å². The minimum atomic E-state index is -0.184. The molecular weight excluding hydrogens is 226 g/mol. The summed E-state index contributed by atoms with van der Waals surface area (Å²) in [4.78, 5) is 14.2. The second kappa shape index (κ2) is 3.50. The first-order valence-corrected chi connectivity index (χ1v) is 6.49. The number of cyclic esters (lactones) is 1. The number of aryl methyl sites for hydroxylation is 1. The molecule has 3 rings (SSSR count). The van der Waals surface area contributed by atoms with Crippen LogP contribution < -0.4 is 4.90 Å². The van der Waals surface area contributed by atoms with E-state index in [-0.39, 0.29) is 11.5 Å². The highest BCUT2D eigenvalue weighted by Crippen LogP contribution is 2.46. The molecule has 18 heavy (non-hydrogen) atoms. The number of hydrogen-bond acceptors (Lipinski definition) is 3. The van der Waals surface area contributed by atoms with Gasteiger partial charge in [0.05, 0.1) is 11.3 Å². The fourth-order valence-corrected chi connectivity index (χ4v) is 3.35. The third-order valence-electron chi connectivity index (χ3n) is 4.17. The van der Waals surface area contributed by atoms with Crippen LogP contribution in [-0.2, 0) is 4.74 Å². The van der Waals surface area contributed by atoms with E-state index >= 15 is 0 Å². The zero-order valence-electron chi connectivity index (χ0n) is 11.4. The number of nitrogens with zero attached hydrogens (tertiary/aromatic N) is 1. The molecule has 96 valence electrons. The molecule has 2 aliphatic heterocycles. The van der Waals surface area contributed by atoms with Crippen molar-refractivity contribution in [2.75, 3.05) is 11.6 Å². The highest BCUT2D eigenvalue weighted by atomic mass is 16.5. The molecule has 0 saturated carbocycles. The summed E-state index contributed by atoms with van der Waals surface area (Å²) in [5.41, 5.74) is 4.29. The van der Waals surface area contributed by atoms with Crippen LogP contribution in [-0.4, -0.2) is 18.2 Å². The molecule has 1 aromatic carbocycles. The van der Waals surface area contributed by atoms with E-state index in [1.807, 2.05) is 13.0 Å². The SMILES string of the molecule is Cc1cc2c3c(c1)C(C)CC(C)(C)N3COC2=O. The summed E-state index contributed by atoms with van der Waals surface area (Å²) in [5, 5.41) is 0. The van der Waals surface area contributed by atoms with Crippen LogP contribution in [0.1, 0.15) is 54.6 Å². The van der Waals surface area contributed by atoms with Gasteiger partial charge in [-0.2, -0.15) is 0 Å². The van der Waals surface area contributed by atoms with Crippen molar-refractivity contribution in [3.63, 3.8) is 0 Å². The fourth-order valence-electron chi connectivity index (χ4n) is 3.35. The van der Waals surface area contributed by atoms with Gasteiger partial charge in [0.2, 0.25) is 0 Å². The molecule has 0 bridgehead atoms. The lowest BCUT2D eigenvalue weighted by Gasteiger charge is -2.49.